The van der Waals surface area contributed by atoms with E-state index in [-0.39, 0.29) is 10.9 Å². The van der Waals surface area contributed by atoms with Gasteiger partial charge in [0.05, 0.1) is 33.5 Å². The lowest BCUT2D eigenvalue weighted by atomic mass is 10.00. The van der Waals surface area contributed by atoms with Crippen molar-refractivity contribution in [1.82, 2.24) is 14.1 Å². The quantitative estimate of drug-likeness (QED) is 0.148. The first-order valence-electron chi connectivity index (χ1n) is 20.1. The Bertz CT molecular complexity index is 3280. The summed E-state index contributed by atoms with van der Waals surface area (Å²) in [5, 5.41) is 4.97. The number of hydrogen-bond donors (Lipinski definition) is 0. The zero-order chi connectivity index (χ0) is 39.5. The van der Waals surface area contributed by atoms with Crippen molar-refractivity contribution < 1.29 is 0 Å². The molecule has 3 aromatic heterocycles. The average Bonchev–Trinajstić information content (AvgIpc) is 3.82. The van der Waals surface area contributed by atoms with Crippen molar-refractivity contribution in [3.05, 3.63) is 206 Å². The van der Waals surface area contributed by atoms with Crippen LogP contribution in [0.25, 0.3) is 99.8 Å². The lowest BCUT2D eigenvalue weighted by Gasteiger charge is -2.13. The van der Waals surface area contributed by atoms with Gasteiger partial charge in [-0.15, -0.1) is 0 Å². The maximum Gasteiger partial charge on any atom is 0.154 e. The van der Waals surface area contributed by atoms with Crippen LogP contribution in [0.1, 0.15) is 0 Å². The van der Waals surface area contributed by atoms with Crippen molar-refractivity contribution in [2.75, 3.05) is 12.5 Å². The molecule has 8 aromatic carbocycles. The van der Waals surface area contributed by atoms with Crippen molar-refractivity contribution >= 4 is 54.5 Å². The van der Waals surface area contributed by atoms with Crippen molar-refractivity contribution in [3.63, 3.8) is 0 Å². The minimum Gasteiger partial charge on any atom is -0.309 e. The van der Waals surface area contributed by atoms with Crippen LogP contribution in [0.5, 0.6) is 0 Å². The molecule has 0 atom stereocenters. The van der Waals surface area contributed by atoms with Gasteiger partial charge in [-0.1, -0.05) is 127 Å². The second kappa shape index (κ2) is 14.4. The molecule has 11 rings (SSSR count). The summed E-state index contributed by atoms with van der Waals surface area (Å²) in [7, 11) is 0.218. The Labute approximate surface area is 346 Å². The Morgan fingerprint density at radius 2 is 0.864 bits per heavy atom. The van der Waals surface area contributed by atoms with E-state index in [1.165, 1.54) is 70.9 Å². The molecule has 0 N–H and O–H groups in total. The topological polar surface area (TPSA) is 22.8 Å². The molecule has 0 amide bonds. The number of nitrogens with zero attached hydrogens (tertiary/aromatic N) is 3. The summed E-state index contributed by atoms with van der Waals surface area (Å²) in [5.74, 6) is 0. The monoisotopic (exact) mass is 774 g/mol. The molecule has 280 valence electrons. The molecule has 3 nitrogen and oxygen atoms in total. The molecule has 0 unspecified atom stereocenters. The maximum atomic E-state index is 5.27. The van der Waals surface area contributed by atoms with Gasteiger partial charge >= 0.3 is 0 Å². The zero-order valence-electron chi connectivity index (χ0n) is 32.9. The van der Waals surface area contributed by atoms with E-state index in [1.54, 1.807) is 0 Å². The molecule has 3 heterocycles. The highest BCUT2D eigenvalue weighted by molar-refractivity contribution is 7.95. The third-order valence-electron chi connectivity index (χ3n) is 11.6. The van der Waals surface area contributed by atoms with E-state index in [4.69, 9.17) is 4.98 Å². The smallest absolute Gasteiger partial charge is 0.154 e. The van der Waals surface area contributed by atoms with Gasteiger partial charge in [0.1, 0.15) is 12.5 Å². The lowest BCUT2D eigenvalue weighted by molar-refractivity contribution is 1.17. The molecule has 59 heavy (non-hydrogen) atoms. The van der Waals surface area contributed by atoms with Crippen LogP contribution < -0.4 is 0 Å². The van der Waals surface area contributed by atoms with E-state index in [9.17, 15) is 0 Å². The zero-order valence-corrected chi connectivity index (χ0v) is 33.7. The van der Waals surface area contributed by atoms with Crippen LogP contribution in [0.15, 0.2) is 211 Å². The number of fused-ring (bicyclic) bond motifs is 6. The fraction of sp³-hybridized carbons (Fsp3) is 0.0364. The fourth-order valence-corrected chi connectivity index (χ4v) is 9.44. The second-order valence-corrected chi connectivity index (χ2v) is 17.5. The predicted molar refractivity (Wildman–Crippen MR) is 252 cm³/mol. The average molecular weight is 775 g/mol. The third-order valence-corrected chi connectivity index (χ3v) is 12.9. The number of rotatable bonds is 7. The summed E-state index contributed by atoms with van der Waals surface area (Å²) in [6.45, 7) is 0. The van der Waals surface area contributed by atoms with Crippen molar-refractivity contribution in [3.8, 4) is 56.1 Å². The van der Waals surface area contributed by atoms with Crippen LogP contribution in [0.2, 0.25) is 0 Å². The van der Waals surface area contributed by atoms with E-state index < -0.39 is 0 Å². The standard InChI is InChI=1S/C55H40N3S/c1-59(2)45-28-26-43(27-29-45)57-53-23-12-10-21-47(53)49-33-39(25-31-54(49)57)40-24-30-48-46-20-9-11-22-52(46)58(55(48)36-40)44-19-13-18-41(32-44)51-35-42(37-14-5-3-6-15-37)34-50(56-51)38-16-7-4-8-17-38/h3-36H,1-2H3/q+1. The Balaban J connectivity index is 1.06. The molecule has 0 radical (unpaired) electrons. The van der Waals surface area contributed by atoms with E-state index in [0.29, 0.717) is 0 Å². The predicted octanol–water partition coefficient (Wildman–Crippen LogP) is 14.2. The van der Waals surface area contributed by atoms with Crippen LogP contribution in [0.3, 0.4) is 0 Å². The Morgan fingerprint density at radius 1 is 0.322 bits per heavy atom. The molecular weight excluding hydrogens is 735 g/mol. The fourth-order valence-electron chi connectivity index (χ4n) is 8.76. The first kappa shape index (κ1) is 35.1. The van der Waals surface area contributed by atoms with Gasteiger partial charge in [-0.25, -0.2) is 4.98 Å². The van der Waals surface area contributed by atoms with Gasteiger partial charge in [-0.2, -0.15) is 0 Å². The molecule has 0 bridgehead atoms. The summed E-state index contributed by atoms with van der Waals surface area (Å²) in [5.41, 5.74) is 15.8. The van der Waals surface area contributed by atoms with Crippen molar-refractivity contribution in [2.24, 2.45) is 0 Å². The summed E-state index contributed by atoms with van der Waals surface area (Å²) in [6, 6.07) is 74.9. The Hall–Kier alpha value is -7.14. The van der Waals surface area contributed by atoms with Gasteiger partial charge in [0.2, 0.25) is 0 Å². The van der Waals surface area contributed by atoms with Gasteiger partial charge in [0.15, 0.2) is 4.90 Å². The van der Waals surface area contributed by atoms with Crippen LogP contribution in [0, 0.1) is 0 Å². The molecule has 0 saturated heterocycles. The molecule has 4 heteroatoms. The van der Waals surface area contributed by atoms with E-state index >= 15 is 0 Å². The van der Waals surface area contributed by atoms with E-state index in [1.807, 2.05) is 0 Å². The maximum absolute atomic E-state index is 5.27. The first-order valence-corrected chi connectivity index (χ1v) is 22.1. The number of pyridine rings is 1. The highest BCUT2D eigenvalue weighted by atomic mass is 32.2. The summed E-state index contributed by atoms with van der Waals surface area (Å²) in [4.78, 5) is 6.64. The molecule has 0 spiro atoms. The number of hydrogen-bond acceptors (Lipinski definition) is 1. The van der Waals surface area contributed by atoms with Gasteiger partial charge < -0.3 is 9.13 Å². The molecule has 0 aliphatic rings. The van der Waals surface area contributed by atoms with Crippen molar-refractivity contribution in [2.45, 2.75) is 4.90 Å². The molecule has 0 aliphatic heterocycles. The lowest BCUT2D eigenvalue weighted by Crippen LogP contribution is -1.98. The second-order valence-electron chi connectivity index (χ2n) is 15.4. The van der Waals surface area contributed by atoms with Crippen LogP contribution >= 0.6 is 0 Å². The molecular formula is C55H40N3S+. The van der Waals surface area contributed by atoms with Crippen LogP contribution in [-0.4, -0.2) is 26.6 Å². The summed E-state index contributed by atoms with van der Waals surface area (Å²) < 4.78 is 4.82. The number of benzene rings is 8. The van der Waals surface area contributed by atoms with Gasteiger partial charge in [-0.3, -0.25) is 0 Å². The Morgan fingerprint density at radius 3 is 1.58 bits per heavy atom. The highest BCUT2D eigenvalue weighted by Crippen LogP contribution is 2.39. The largest absolute Gasteiger partial charge is 0.309 e. The first-order chi connectivity index (χ1) is 29.1. The summed E-state index contributed by atoms with van der Waals surface area (Å²) >= 11 is 0. The van der Waals surface area contributed by atoms with Crippen molar-refractivity contribution in [1.29, 1.82) is 0 Å². The number of para-hydroxylation sites is 2. The minimum absolute atomic E-state index is 0.218. The van der Waals surface area contributed by atoms with Gasteiger partial charge in [-0.05, 0) is 101 Å². The number of aromatic nitrogens is 3. The summed E-state index contributed by atoms with van der Waals surface area (Å²) in [6.07, 6.45) is 4.55. The molecule has 11 aromatic rings. The van der Waals surface area contributed by atoms with Crippen LogP contribution in [-0.2, 0) is 10.9 Å². The van der Waals surface area contributed by atoms with E-state index in [2.05, 4.69) is 228 Å². The molecule has 0 aliphatic carbocycles. The molecule has 0 fully saturated rings. The highest BCUT2D eigenvalue weighted by Gasteiger charge is 2.18. The van der Waals surface area contributed by atoms with Crippen LogP contribution in [0.4, 0.5) is 0 Å². The third kappa shape index (κ3) is 6.12. The van der Waals surface area contributed by atoms with Gasteiger partial charge in [0.25, 0.3) is 0 Å². The molecule has 0 saturated carbocycles. The minimum atomic E-state index is 0.218. The van der Waals surface area contributed by atoms with Gasteiger partial charge in [0, 0.05) is 54.9 Å². The SMILES string of the molecule is C[S+](C)c1ccc(-n2c3ccccc3c3cc(-c4ccc5c6ccccc6n(-c6cccc(-c7cc(-c8ccccc8)cc(-c8ccccc8)n7)c6)c5c4)ccc32)cc1. The normalized spacial score (nSPS) is 11.7. The Kier molecular flexibility index (Phi) is 8.53. The van der Waals surface area contributed by atoms with E-state index in [0.717, 1.165) is 33.8 Å².